The zero-order chi connectivity index (χ0) is 14.8. The van der Waals surface area contributed by atoms with Crippen LogP contribution in [-0.2, 0) is 4.79 Å². The van der Waals surface area contributed by atoms with Gasteiger partial charge < -0.3 is 14.6 Å². The maximum atomic E-state index is 10.5. The van der Waals surface area contributed by atoms with Crippen LogP contribution in [0.15, 0.2) is 24.5 Å². The van der Waals surface area contributed by atoms with Crippen molar-refractivity contribution in [3.8, 4) is 22.1 Å². The molecule has 0 atom stereocenters. The van der Waals surface area contributed by atoms with Crippen molar-refractivity contribution in [2.75, 3.05) is 13.7 Å². The van der Waals surface area contributed by atoms with Gasteiger partial charge in [-0.15, -0.1) is 10.2 Å². The minimum Gasteiger partial charge on any atom is -0.493 e. The van der Waals surface area contributed by atoms with Crippen LogP contribution in [0, 0.1) is 0 Å². The molecule has 0 amide bonds. The van der Waals surface area contributed by atoms with Crippen LogP contribution in [-0.4, -0.2) is 44.6 Å². The van der Waals surface area contributed by atoms with Crippen LogP contribution in [0.3, 0.4) is 0 Å². The van der Waals surface area contributed by atoms with E-state index in [1.807, 2.05) is 0 Å². The number of ether oxygens (including phenoxy) is 2. The molecule has 9 heteroatoms. The van der Waals surface area contributed by atoms with E-state index >= 15 is 0 Å². The van der Waals surface area contributed by atoms with E-state index in [9.17, 15) is 4.79 Å². The molecule has 2 aromatic heterocycles. The lowest BCUT2D eigenvalue weighted by Gasteiger charge is -2.09. The number of methoxy groups -OCH3 is 1. The van der Waals surface area contributed by atoms with Crippen molar-refractivity contribution in [2.45, 2.75) is 0 Å². The van der Waals surface area contributed by atoms with Crippen LogP contribution in [0.1, 0.15) is 0 Å². The van der Waals surface area contributed by atoms with Crippen LogP contribution >= 0.6 is 11.3 Å². The molecular formula is C12H10N4O4S. The molecule has 0 fully saturated rings. The molecule has 108 valence electrons. The van der Waals surface area contributed by atoms with Gasteiger partial charge in [-0.05, 0) is 18.2 Å². The molecule has 1 N–H and O–H groups in total. The summed E-state index contributed by atoms with van der Waals surface area (Å²) >= 11 is 1.39. The molecule has 3 rings (SSSR count). The van der Waals surface area contributed by atoms with E-state index < -0.39 is 12.6 Å². The minimum absolute atomic E-state index is 0.367. The van der Waals surface area contributed by atoms with E-state index in [2.05, 4.69) is 15.3 Å². The predicted molar refractivity (Wildman–Crippen MR) is 73.8 cm³/mol. The highest BCUT2D eigenvalue weighted by atomic mass is 32.1. The minimum atomic E-state index is -1.05. The number of rotatable bonds is 5. The first-order valence-electron chi connectivity index (χ1n) is 5.87. The summed E-state index contributed by atoms with van der Waals surface area (Å²) in [5.41, 5.74) is 0.824. The third-order valence-electron chi connectivity index (χ3n) is 2.65. The fourth-order valence-electron chi connectivity index (χ4n) is 1.74. The van der Waals surface area contributed by atoms with Gasteiger partial charge >= 0.3 is 5.97 Å². The first-order chi connectivity index (χ1) is 10.2. The SMILES string of the molecule is COc1cc(-c2nn3cnnc3s2)ccc1OCC(=O)O. The summed E-state index contributed by atoms with van der Waals surface area (Å²) in [5.74, 6) is -0.235. The van der Waals surface area contributed by atoms with Crippen LogP contribution in [0.4, 0.5) is 0 Å². The largest absolute Gasteiger partial charge is 0.493 e. The first-order valence-corrected chi connectivity index (χ1v) is 6.69. The van der Waals surface area contributed by atoms with Crippen molar-refractivity contribution in [3.63, 3.8) is 0 Å². The van der Waals surface area contributed by atoms with E-state index in [1.165, 1.54) is 24.8 Å². The number of carboxylic acids is 1. The lowest BCUT2D eigenvalue weighted by atomic mass is 10.2. The molecule has 0 saturated heterocycles. The van der Waals surface area contributed by atoms with Crippen LogP contribution < -0.4 is 9.47 Å². The normalized spacial score (nSPS) is 10.7. The van der Waals surface area contributed by atoms with E-state index in [1.54, 1.807) is 22.7 Å². The topological polar surface area (TPSA) is 98.8 Å². The second-order valence-electron chi connectivity index (χ2n) is 4.01. The average Bonchev–Trinajstić information content (AvgIpc) is 3.06. The Balaban J connectivity index is 1.93. The molecular weight excluding hydrogens is 296 g/mol. The maximum Gasteiger partial charge on any atom is 0.341 e. The van der Waals surface area contributed by atoms with Gasteiger partial charge in [0, 0.05) is 5.56 Å². The molecule has 0 spiro atoms. The molecule has 8 nitrogen and oxygen atoms in total. The number of hydrogen-bond donors (Lipinski definition) is 1. The zero-order valence-corrected chi connectivity index (χ0v) is 11.7. The van der Waals surface area contributed by atoms with Crippen molar-refractivity contribution >= 4 is 22.3 Å². The number of aliphatic carboxylic acids is 1. The van der Waals surface area contributed by atoms with Gasteiger partial charge in [0.1, 0.15) is 11.3 Å². The lowest BCUT2D eigenvalue weighted by Crippen LogP contribution is -2.10. The van der Waals surface area contributed by atoms with Gasteiger partial charge in [0.15, 0.2) is 18.1 Å². The maximum absolute atomic E-state index is 10.5. The summed E-state index contributed by atoms with van der Waals surface area (Å²) in [4.78, 5) is 11.2. The highest BCUT2D eigenvalue weighted by Gasteiger charge is 2.12. The zero-order valence-electron chi connectivity index (χ0n) is 10.9. The van der Waals surface area contributed by atoms with Crippen molar-refractivity contribution in [3.05, 3.63) is 24.5 Å². The molecule has 0 unspecified atom stereocenters. The van der Waals surface area contributed by atoms with Gasteiger partial charge in [-0.3, -0.25) is 0 Å². The summed E-state index contributed by atoms with van der Waals surface area (Å²) in [7, 11) is 1.49. The molecule has 2 heterocycles. The second kappa shape index (κ2) is 5.37. The van der Waals surface area contributed by atoms with Gasteiger partial charge in [0.2, 0.25) is 4.96 Å². The summed E-state index contributed by atoms with van der Waals surface area (Å²) in [6, 6.07) is 5.17. The van der Waals surface area contributed by atoms with Crippen molar-refractivity contribution < 1.29 is 19.4 Å². The Morgan fingerprint density at radius 3 is 3.00 bits per heavy atom. The standard InChI is InChI=1S/C12H10N4O4S/c1-19-9-4-7(2-3-8(9)20-5-10(17)18)11-15-16-6-13-14-12(16)21-11/h2-4,6H,5H2,1H3,(H,17,18). The third kappa shape index (κ3) is 2.63. The number of nitrogens with zero attached hydrogens (tertiary/aromatic N) is 4. The fourth-order valence-corrected chi connectivity index (χ4v) is 2.55. The number of hydrogen-bond acceptors (Lipinski definition) is 7. The van der Waals surface area contributed by atoms with Crippen molar-refractivity contribution in [1.29, 1.82) is 0 Å². The molecule has 0 radical (unpaired) electrons. The molecule has 21 heavy (non-hydrogen) atoms. The van der Waals surface area contributed by atoms with Gasteiger partial charge in [-0.25, -0.2) is 4.79 Å². The van der Waals surface area contributed by atoms with Gasteiger partial charge in [0.05, 0.1) is 7.11 Å². The number of fused-ring (bicyclic) bond motifs is 1. The highest BCUT2D eigenvalue weighted by Crippen LogP contribution is 2.33. The van der Waals surface area contributed by atoms with E-state index in [4.69, 9.17) is 14.6 Å². The van der Waals surface area contributed by atoms with Gasteiger partial charge in [-0.1, -0.05) is 11.3 Å². The molecule has 1 aromatic carbocycles. The summed E-state index contributed by atoms with van der Waals surface area (Å²) in [5, 5.41) is 21.4. The van der Waals surface area contributed by atoms with E-state index in [0.717, 1.165) is 10.6 Å². The fraction of sp³-hybridized carbons (Fsp3) is 0.167. The average molecular weight is 306 g/mol. The Morgan fingerprint density at radius 2 is 2.29 bits per heavy atom. The molecule has 0 aliphatic heterocycles. The third-order valence-corrected chi connectivity index (χ3v) is 3.61. The molecule has 0 bridgehead atoms. The molecule has 3 aromatic rings. The highest BCUT2D eigenvalue weighted by molar-refractivity contribution is 7.19. The van der Waals surface area contributed by atoms with Gasteiger partial charge in [-0.2, -0.15) is 9.61 Å². The summed E-state index contributed by atoms with van der Waals surface area (Å²) in [6.45, 7) is -0.424. The first kappa shape index (κ1) is 13.3. The number of aromatic nitrogens is 4. The number of benzene rings is 1. The lowest BCUT2D eigenvalue weighted by molar-refractivity contribution is -0.139. The monoisotopic (exact) mass is 306 g/mol. The predicted octanol–water partition coefficient (Wildman–Crippen LogP) is 1.32. The quantitative estimate of drug-likeness (QED) is 0.759. The number of carbonyl (C=O) groups is 1. The summed E-state index contributed by atoms with van der Waals surface area (Å²) in [6.07, 6.45) is 1.52. The second-order valence-corrected chi connectivity index (χ2v) is 4.97. The Labute approximate surface area is 122 Å². The van der Waals surface area contributed by atoms with Crippen LogP contribution in [0.25, 0.3) is 15.5 Å². The van der Waals surface area contributed by atoms with E-state index in [-0.39, 0.29) is 0 Å². The Kier molecular flexibility index (Phi) is 3.40. The molecule has 0 saturated carbocycles. The van der Waals surface area contributed by atoms with E-state index in [0.29, 0.717) is 16.5 Å². The van der Waals surface area contributed by atoms with Crippen LogP contribution in [0.2, 0.25) is 0 Å². The van der Waals surface area contributed by atoms with Crippen molar-refractivity contribution in [1.82, 2.24) is 19.8 Å². The number of carboxylic acid groups (broad SMARTS) is 1. The van der Waals surface area contributed by atoms with Crippen LogP contribution in [0.5, 0.6) is 11.5 Å². The molecule has 0 aliphatic rings. The smallest absolute Gasteiger partial charge is 0.341 e. The van der Waals surface area contributed by atoms with Gasteiger partial charge in [0.25, 0.3) is 0 Å². The Morgan fingerprint density at radius 1 is 1.43 bits per heavy atom. The Bertz CT molecular complexity index is 769. The summed E-state index contributed by atoms with van der Waals surface area (Å²) < 4.78 is 12.0. The van der Waals surface area contributed by atoms with Crippen molar-refractivity contribution in [2.24, 2.45) is 0 Å². The Hall–Kier alpha value is -2.68. The molecule has 0 aliphatic carbocycles.